The van der Waals surface area contributed by atoms with E-state index in [2.05, 4.69) is 11.4 Å². The molecule has 0 aliphatic heterocycles. The molecule has 0 atom stereocenters. The second kappa shape index (κ2) is 6.21. The Morgan fingerprint density at radius 1 is 1.58 bits per heavy atom. The van der Waals surface area contributed by atoms with Gasteiger partial charge in [-0.25, -0.2) is 0 Å². The Kier molecular flexibility index (Phi) is 4.28. The van der Waals surface area contributed by atoms with Gasteiger partial charge in [-0.1, -0.05) is 25.8 Å². The van der Waals surface area contributed by atoms with Gasteiger partial charge in [0, 0.05) is 12.9 Å². The number of thiophene rings is 1. The molecule has 0 bridgehead atoms. The molecule has 0 amide bonds. The maximum Gasteiger partial charge on any atom is 0.0809 e. The molecule has 0 aliphatic carbocycles. The summed E-state index contributed by atoms with van der Waals surface area (Å²) < 4.78 is 12.4. The summed E-state index contributed by atoms with van der Waals surface area (Å²) in [7, 11) is 0. The minimum Gasteiger partial charge on any atom is -0.376 e. The highest BCUT2D eigenvalue weighted by Crippen LogP contribution is 2.09. The first-order valence-corrected chi connectivity index (χ1v) is 5.21. The Morgan fingerprint density at radius 2 is 2.58 bits per heavy atom. The first-order chi connectivity index (χ1) is 6.43. The lowest BCUT2D eigenvalue weighted by Crippen LogP contribution is -1.93. The highest BCUT2D eigenvalue weighted by Gasteiger charge is 1.92. The van der Waals surface area contributed by atoms with Gasteiger partial charge in [-0.3, -0.25) is 0 Å². The van der Waals surface area contributed by atoms with Crippen molar-refractivity contribution in [3.05, 3.63) is 22.4 Å². The number of unbranched alkanes of at least 4 members (excludes halogenated alkanes) is 2. The molecule has 0 saturated carbocycles. The smallest absolute Gasteiger partial charge is 0.0809 e. The van der Waals surface area contributed by atoms with Gasteiger partial charge in [-0.2, -0.15) is 0 Å². The Morgan fingerprint density at radius 3 is 3.33 bits per heavy atom. The Balaban J connectivity index is 1.90. The standard InChI is InChI=1S/C10H16OS/c1-2-3-4-7-11-9-10-6-5-8-12-10/h5-6,8H,2-4,7,9H2,1H3/i1D. The molecule has 0 spiro atoms. The van der Waals surface area contributed by atoms with Crippen LogP contribution in [-0.4, -0.2) is 6.61 Å². The molecule has 0 aliphatic rings. The normalized spacial score (nSPS) is 11.5. The van der Waals surface area contributed by atoms with Crippen LogP contribution in [-0.2, 0) is 11.3 Å². The maximum atomic E-state index is 6.96. The van der Waals surface area contributed by atoms with Gasteiger partial charge in [0.15, 0.2) is 0 Å². The van der Waals surface area contributed by atoms with Crippen LogP contribution in [0.4, 0.5) is 0 Å². The van der Waals surface area contributed by atoms with E-state index in [1.54, 1.807) is 11.3 Å². The third-order valence-corrected chi connectivity index (χ3v) is 2.46. The van der Waals surface area contributed by atoms with Crippen molar-refractivity contribution in [3.8, 4) is 0 Å². The van der Waals surface area contributed by atoms with E-state index in [1.807, 2.05) is 6.07 Å². The van der Waals surface area contributed by atoms with Gasteiger partial charge < -0.3 is 4.74 Å². The van der Waals surface area contributed by atoms with Crippen molar-refractivity contribution < 1.29 is 6.11 Å². The Hall–Kier alpha value is -0.340. The Labute approximate surface area is 79.8 Å². The van der Waals surface area contributed by atoms with Crippen molar-refractivity contribution in [1.82, 2.24) is 0 Å². The zero-order chi connectivity index (χ0) is 9.36. The van der Waals surface area contributed by atoms with Gasteiger partial charge in [-0.05, 0) is 17.9 Å². The number of hydrogen-bond donors (Lipinski definition) is 0. The molecule has 0 unspecified atom stereocenters. The van der Waals surface area contributed by atoms with Crippen LogP contribution in [0.2, 0.25) is 0 Å². The van der Waals surface area contributed by atoms with Crippen LogP contribution in [0.3, 0.4) is 0 Å². The summed E-state index contributed by atoms with van der Waals surface area (Å²) in [4.78, 5) is 1.29. The van der Waals surface area contributed by atoms with E-state index in [0.717, 1.165) is 32.5 Å². The second-order valence-corrected chi connectivity index (χ2v) is 3.72. The highest BCUT2D eigenvalue weighted by atomic mass is 32.1. The molecule has 68 valence electrons. The van der Waals surface area contributed by atoms with E-state index in [0.29, 0.717) is 6.90 Å². The van der Waals surface area contributed by atoms with Crippen LogP contribution in [0.15, 0.2) is 17.5 Å². The molecular formula is C10H16OS. The SMILES string of the molecule is [2H]CCCCCOCc1cccs1. The fraction of sp³-hybridized carbons (Fsp3) is 0.600. The van der Waals surface area contributed by atoms with Gasteiger partial charge in [-0.15, -0.1) is 11.3 Å². The average Bonchev–Trinajstić information content (AvgIpc) is 2.63. The van der Waals surface area contributed by atoms with E-state index in [1.165, 1.54) is 4.88 Å². The van der Waals surface area contributed by atoms with Crippen LogP contribution in [0.1, 0.15) is 32.4 Å². The Bertz CT molecular complexity index is 199. The van der Waals surface area contributed by atoms with Crippen LogP contribution in [0, 0.1) is 0 Å². The number of ether oxygens (including phenoxy) is 1. The lowest BCUT2D eigenvalue weighted by Gasteiger charge is -2.00. The molecule has 1 aromatic rings. The van der Waals surface area contributed by atoms with Gasteiger partial charge in [0.1, 0.15) is 0 Å². The summed E-state index contributed by atoms with van der Waals surface area (Å²) in [6.07, 6.45) is 3.21. The summed E-state index contributed by atoms with van der Waals surface area (Å²) in [5.74, 6) is 0. The van der Waals surface area contributed by atoms with E-state index in [9.17, 15) is 0 Å². The van der Waals surface area contributed by atoms with Crippen molar-refractivity contribution in [2.24, 2.45) is 0 Å². The third-order valence-electron chi connectivity index (χ3n) is 1.61. The van der Waals surface area contributed by atoms with Crippen molar-refractivity contribution in [1.29, 1.82) is 0 Å². The zero-order valence-corrected chi connectivity index (χ0v) is 8.11. The maximum absolute atomic E-state index is 6.96. The van der Waals surface area contributed by atoms with Crippen LogP contribution >= 0.6 is 11.3 Å². The lowest BCUT2D eigenvalue weighted by molar-refractivity contribution is 0.119. The molecule has 1 nitrogen and oxygen atoms in total. The second-order valence-electron chi connectivity index (χ2n) is 2.69. The van der Waals surface area contributed by atoms with E-state index < -0.39 is 0 Å². The average molecular weight is 185 g/mol. The predicted octanol–water partition coefficient (Wildman–Crippen LogP) is 3.45. The van der Waals surface area contributed by atoms with Crippen LogP contribution in [0.5, 0.6) is 0 Å². The first-order valence-electron chi connectivity index (χ1n) is 5.03. The minimum absolute atomic E-state index is 0.547. The van der Waals surface area contributed by atoms with Crippen molar-refractivity contribution in [3.63, 3.8) is 0 Å². The largest absolute Gasteiger partial charge is 0.376 e. The van der Waals surface area contributed by atoms with Crippen LogP contribution < -0.4 is 0 Å². The summed E-state index contributed by atoms with van der Waals surface area (Å²) in [6, 6.07) is 4.14. The van der Waals surface area contributed by atoms with E-state index >= 15 is 0 Å². The van der Waals surface area contributed by atoms with Crippen molar-refractivity contribution in [2.75, 3.05) is 6.61 Å². The van der Waals surface area contributed by atoms with Crippen molar-refractivity contribution in [2.45, 2.75) is 32.8 Å². The third kappa shape index (κ3) is 3.88. The van der Waals surface area contributed by atoms with Gasteiger partial charge in [0.05, 0.1) is 6.61 Å². The molecule has 0 N–H and O–H groups in total. The van der Waals surface area contributed by atoms with Gasteiger partial charge >= 0.3 is 0 Å². The minimum atomic E-state index is 0.547. The highest BCUT2D eigenvalue weighted by molar-refractivity contribution is 7.09. The van der Waals surface area contributed by atoms with Gasteiger partial charge in [0.25, 0.3) is 0 Å². The summed E-state index contributed by atoms with van der Waals surface area (Å²) in [5.41, 5.74) is 0. The lowest BCUT2D eigenvalue weighted by atomic mass is 10.3. The molecule has 12 heavy (non-hydrogen) atoms. The fourth-order valence-corrected chi connectivity index (χ4v) is 1.59. The van der Waals surface area contributed by atoms with Crippen LogP contribution in [0.25, 0.3) is 0 Å². The van der Waals surface area contributed by atoms with Crippen molar-refractivity contribution >= 4 is 11.3 Å². The summed E-state index contributed by atoms with van der Waals surface area (Å²) in [6.45, 7) is 2.13. The molecule has 0 radical (unpaired) electrons. The molecule has 0 aromatic carbocycles. The molecule has 0 saturated heterocycles. The molecule has 1 aromatic heterocycles. The topological polar surface area (TPSA) is 9.23 Å². The fourth-order valence-electron chi connectivity index (χ4n) is 0.948. The summed E-state index contributed by atoms with van der Waals surface area (Å²) >= 11 is 1.74. The predicted molar refractivity (Wildman–Crippen MR) is 53.5 cm³/mol. The van der Waals surface area contributed by atoms with E-state index in [4.69, 9.17) is 6.11 Å². The number of hydrogen-bond acceptors (Lipinski definition) is 2. The molecular weight excluding hydrogens is 168 g/mol. The molecule has 2 heteroatoms. The number of rotatable bonds is 6. The zero-order valence-electron chi connectivity index (χ0n) is 8.29. The molecule has 1 heterocycles. The van der Waals surface area contributed by atoms with Gasteiger partial charge in [0.2, 0.25) is 0 Å². The quantitative estimate of drug-likeness (QED) is 0.617. The monoisotopic (exact) mass is 185 g/mol. The summed E-state index contributed by atoms with van der Waals surface area (Å²) in [5, 5.41) is 2.07. The first kappa shape index (κ1) is 8.27. The van der Waals surface area contributed by atoms with E-state index in [-0.39, 0.29) is 0 Å². The molecule has 1 rings (SSSR count). The molecule has 0 fully saturated rings.